The Bertz CT molecular complexity index is 430. The number of carbonyl (C=O) groups excluding carboxylic acids is 1. The lowest BCUT2D eigenvalue weighted by Crippen LogP contribution is -2.27. The molecular formula is C14H20O4. The quantitative estimate of drug-likeness (QED) is 0.555. The predicted molar refractivity (Wildman–Crippen MR) is 69.1 cm³/mol. The molecule has 1 atom stereocenters. The molecule has 0 aromatic heterocycles. The second-order valence-electron chi connectivity index (χ2n) is 4.86. The molecule has 0 spiro atoms. The number of hydrogen-bond acceptors (Lipinski definition) is 4. The van der Waals surface area contributed by atoms with Crippen LogP contribution in [0.4, 0.5) is 0 Å². The van der Waals surface area contributed by atoms with Crippen molar-refractivity contribution in [3.8, 4) is 17.2 Å². The van der Waals surface area contributed by atoms with Crippen LogP contribution in [0, 0.1) is 5.41 Å². The molecule has 0 bridgehead atoms. The molecule has 0 radical (unpaired) electrons. The predicted octanol–water partition coefficient (Wildman–Crippen LogP) is 3.20. The van der Waals surface area contributed by atoms with Gasteiger partial charge in [0, 0.05) is 11.0 Å². The van der Waals surface area contributed by atoms with E-state index < -0.39 is 22.7 Å². The van der Waals surface area contributed by atoms with Crippen LogP contribution in [0.3, 0.4) is 0 Å². The van der Waals surface area contributed by atoms with Crippen molar-refractivity contribution < 1.29 is 20.1 Å². The van der Waals surface area contributed by atoms with Gasteiger partial charge in [0.2, 0.25) is 0 Å². The SMILES string of the molecule is CCCC(C)(CC)C(=O)c1cc(O)c(O)c(O)c1. The van der Waals surface area contributed by atoms with Crippen molar-refractivity contribution in [1.29, 1.82) is 0 Å². The second kappa shape index (κ2) is 5.29. The molecule has 4 heteroatoms. The normalized spacial score (nSPS) is 14.2. The highest BCUT2D eigenvalue weighted by Gasteiger charge is 2.31. The molecule has 0 saturated carbocycles. The lowest BCUT2D eigenvalue weighted by atomic mass is 9.76. The van der Waals surface area contributed by atoms with E-state index in [-0.39, 0.29) is 11.3 Å². The van der Waals surface area contributed by atoms with Crippen molar-refractivity contribution in [3.63, 3.8) is 0 Å². The summed E-state index contributed by atoms with van der Waals surface area (Å²) in [4.78, 5) is 12.4. The smallest absolute Gasteiger partial charge is 0.200 e. The first-order valence-corrected chi connectivity index (χ1v) is 6.15. The molecule has 0 aliphatic heterocycles. The van der Waals surface area contributed by atoms with E-state index in [1.54, 1.807) is 0 Å². The van der Waals surface area contributed by atoms with Crippen LogP contribution in [0.5, 0.6) is 17.2 Å². The third-order valence-corrected chi connectivity index (χ3v) is 3.46. The Kier molecular flexibility index (Phi) is 4.22. The number of ketones is 1. The molecule has 0 heterocycles. The maximum absolute atomic E-state index is 12.4. The second-order valence-corrected chi connectivity index (χ2v) is 4.86. The Morgan fingerprint density at radius 2 is 1.67 bits per heavy atom. The first-order chi connectivity index (χ1) is 8.35. The van der Waals surface area contributed by atoms with Crippen LogP contribution in [-0.4, -0.2) is 21.1 Å². The maximum atomic E-state index is 12.4. The minimum Gasteiger partial charge on any atom is -0.504 e. The van der Waals surface area contributed by atoms with Crippen molar-refractivity contribution >= 4 is 5.78 Å². The molecule has 1 aromatic carbocycles. The molecule has 100 valence electrons. The van der Waals surface area contributed by atoms with Gasteiger partial charge in [0.05, 0.1) is 0 Å². The van der Waals surface area contributed by atoms with E-state index in [0.29, 0.717) is 6.42 Å². The van der Waals surface area contributed by atoms with Crippen LogP contribution >= 0.6 is 0 Å². The van der Waals surface area contributed by atoms with Crippen molar-refractivity contribution in [3.05, 3.63) is 17.7 Å². The first kappa shape index (κ1) is 14.4. The topological polar surface area (TPSA) is 77.8 Å². The van der Waals surface area contributed by atoms with Gasteiger partial charge in [-0.3, -0.25) is 4.79 Å². The average Bonchev–Trinajstić information content (AvgIpc) is 2.34. The number of Topliss-reactive ketones (excluding diaryl/α,β-unsaturated/α-hetero) is 1. The van der Waals surface area contributed by atoms with Gasteiger partial charge in [0.15, 0.2) is 23.0 Å². The van der Waals surface area contributed by atoms with Crippen LogP contribution < -0.4 is 0 Å². The van der Waals surface area contributed by atoms with Gasteiger partial charge in [-0.05, 0) is 25.0 Å². The molecule has 0 aliphatic carbocycles. The van der Waals surface area contributed by atoms with Crippen LogP contribution in [-0.2, 0) is 0 Å². The summed E-state index contributed by atoms with van der Waals surface area (Å²) in [5.74, 6) is -1.68. The molecule has 1 rings (SSSR count). The van der Waals surface area contributed by atoms with Crippen LogP contribution in [0.2, 0.25) is 0 Å². The van der Waals surface area contributed by atoms with E-state index in [9.17, 15) is 20.1 Å². The van der Waals surface area contributed by atoms with Crippen LogP contribution in [0.1, 0.15) is 50.4 Å². The zero-order chi connectivity index (χ0) is 13.9. The average molecular weight is 252 g/mol. The highest BCUT2D eigenvalue weighted by molar-refractivity contribution is 6.01. The Balaban J connectivity index is 3.18. The summed E-state index contributed by atoms with van der Waals surface area (Å²) in [7, 11) is 0. The van der Waals surface area contributed by atoms with Crippen LogP contribution in [0.25, 0.3) is 0 Å². The molecule has 0 amide bonds. The van der Waals surface area contributed by atoms with E-state index in [4.69, 9.17) is 0 Å². The largest absolute Gasteiger partial charge is 0.504 e. The lowest BCUT2D eigenvalue weighted by molar-refractivity contribution is 0.0793. The number of hydrogen-bond donors (Lipinski definition) is 3. The van der Waals surface area contributed by atoms with Gasteiger partial charge in [0.25, 0.3) is 0 Å². The van der Waals surface area contributed by atoms with Crippen molar-refractivity contribution in [2.75, 3.05) is 0 Å². The number of benzene rings is 1. The molecule has 3 N–H and O–H groups in total. The molecule has 18 heavy (non-hydrogen) atoms. The van der Waals surface area contributed by atoms with E-state index in [0.717, 1.165) is 12.8 Å². The standard InChI is InChI=1S/C14H20O4/c1-4-6-14(3,5-2)13(18)9-7-10(15)12(17)11(16)8-9/h7-8,15-17H,4-6H2,1-3H3. The minimum absolute atomic E-state index is 0.127. The number of phenols is 3. The summed E-state index contributed by atoms with van der Waals surface area (Å²) < 4.78 is 0. The summed E-state index contributed by atoms with van der Waals surface area (Å²) in [6.07, 6.45) is 2.30. The van der Waals surface area contributed by atoms with E-state index in [2.05, 4.69) is 0 Å². The molecule has 1 unspecified atom stereocenters. The number of phenolic OH excluding ortho intramolecular Hbond substituents is 3. The van der Waals surface area contributed by atoms with E-state index in [1.807, 2.05) is 20.8 Å². The van der Waals surface area contributed by atoms with Gasteiger partial charge in [-0.2, -0.15) is 0 Å². The highest BCUT2D eigenvalue weighted by Crippen LogP contribution is 2.39. The Hall–Kier alpha value is -1.71. The molecule has 1 aromatic rings. The zero-order valence-corrected chi connectivity index (χ0v) is 11.0. The lowest BCUT2D eigenvalue weighted by Gasteiger charge is -2.26. The Morgan fingerprint density at radius 1 is 1.17 bits per heavy atom. The molecule has 0 saturated heterocycles. The third-order valence-electron chi connectivity index (χ3n) is 3.46. The van der Waals surface area contributed by atoms with Crippen molar-refractivity contribution in [2.24, 2.45) is 5.41 Å². The highest BCUT2D eigenvalue weighted by atomic mass is 16.3. The summed E-state index contributed by atoms with van der Waals surface area (Å²) >= 11 is 0. The molecule has 4 nitrogen and oxygen atoms in total. The fourth-order valence-electron chi connectivity index (χ4n) is 2.09. The number of aromatic hydroxyl groups is 3. The van der Waals surface area contributed by atoms with Gasteiger partial charge < -0.3 is 15.3 Å². The summed E-state index contributed by atoms with van der Waals surface area (Å²) in [6, 6.07) is 2.39. The monoisotopic (exact) mass is 252 g/mol. The van der Waals surface area contributed by atoms with Gasteiger partial charge in [-0.1, -0.05) is 27.2 Å². The summed E-state index contributed by atoms with van der Waals surface area (Å²) in [5.41, 5.74) is -0.287. The van der Waals surface area contributed by atoms with Crippen molar-refractivity contribution in [2.45, 2.75) is 40.0 Å². The van der Waals surface area contributed by atoms with Gasteiger partial charge in [-0.25, -0.2) is 0 Å². The summed E-state index contributed by atoms with van der Waals surface area (Å²) in [6.45, 7) is 5.82. The van der Waals surface area contributed by atoms with E-state index in [1.165, 1.54) is 12.1 Å². The van der Waals surface area contributed by atoms with Crippen molar-refractivity contribution in [1.82, 2.24) is 0 Å². The van der Waals surface area contributed by atoms with Gasteiger partial charge >= 0.3 is 0 Å². The number of rotatable bonds is 5. The molecule has 0 aliphatic rings. The Morgan fingerprint density at radius 3 is 2.06 bits per heavy atom. The fraction of sp³-hybridized carbons (Fsp3) is 0.500. The molecule has 0 fully saturated rings. The zero-order valence-electron chi connectivity index (χ0n) is 11.0. The first-order valence-electron chi connectivity index (χ1n) is 6.15. The number of carbonyl (C=O) groups is 1. The van der Waals surface area contributed by atoms with E-state index >= 15 is 0 Å². The molecular weight excluding hydrogens is 232 g/mol. The third kappa shape index (κ3) is 2.58. The maximum Gasteiger partial charge on any atom is 0.200 e. The minimum atomic E-state index is -0.597. The summed E-state index contributed by atoms with van der Waals surface area (Å²) in [5, 5.41) is 28.1. The van der Waals surface area contributed by atoms with Crippen LogP contribution in [0.15, 0.2) is 12.1 Å². The van der Waals surface area contributed by atoms with Gasteiger partial charge in [-0.15, -0.1) is 0 Å². The Labute approximate surface area is 107 Å². The fourth-order valence-corrected chi connectivity index (χ4v) is 2.09. The van der Waals surface area contributed by atoms with Gasteiger partial charge in [0.1, 0.15) is 0 Å².